The molecule has 3 aromatic rings. The summed E-state index contributed by atoms with van der Waals surface area (Å²) in [7, 11) is 0. The van der Waals surface area contributed by atoms with Crippen LogP contribution >= 0.6 is 27.3 Å². The molecule has 0 spiro atoms. The van der Waals surface area contributed by atoms with Gasteiger partial charge in [0.1, 0.15) is 0 Å². The lowest BCUT2D eigenvalue weighted by Gasteiger charge is -1.99. The molecular formula is C11H7BrN2S. The van der Waals surface area contributed by atoms with E-state index < -0.39 is 0 Å². The van der Waals surface area contributed by atoms with Gasteiger partial charge in [-0.1, -0.05) is 28.1 Å². The van der Waals surface area contributed by atoms with Crippen LogP contribution in [0.3, 0.4) is 0 Å². The van der Waals surface area contributed by atoms with Crippen molar-refractivity contribution < 1.29 is 0 Å². The Labute approximate surface area is 99.3 Å². The number of aromatic nitrogens is 2. The van der Waals surface area contributed by atoms with Crippen LogP contribution in [0.5, 0.6) is 0 Å². The second-order valence-electron chi connectivity index (χ2n) is 3.21. The molecule has 2 nitrogen and oxygen atoms in total. The molecule has 0 radical (unpaired) electrons. The lowest BCUT2D eigenvalue weighted by Crippen LogP contribution is -1.83. The van der Waals surface area contributed by atoms with E-state index in [-0.39, 0.29) is 0 Å². The Morgan fingerprint density at radius 2 is 2.27 bits per heavy atom. The van der Waals surface area contributed by atoms with Crippen LogP contribution in [0.1, 0.15) is 0 Å². The molecular weight excluding hydrogens is 272 g/mol. The molecule has 1 aromatic carbocycles. The molecule has 3 rings (SSSR count). The standard InChI is InChI=1S/C11H7BrN2S/c12-9-3-1-2-8(6-9)10-7-15-11-13-4-5-14(10)11/h1-7H. The molecule has 0 amide bonds. The molecule has 74 valence electrons. The molecule has 4 heteroatoms. The van der Waals surface area contributed by atoms with Crippen LogP contribution in [-0.2, 0) is 0 Å². The van der Waals surface area contributed by atoms with Gasteiger partial charge in [-0.05, 0) is 12.1 Å². The zero-order valence-electron chi connectivity index (χ0n) is 7.72. The Balaban J connectivity index is 2.26. The Kier molecular flexibility index (Phi) is 2.11. The van der Waals surface area contributed by atoms with E-state index in [0.717, 1.165) is 9.43 Å². The van der Waals surface area contributed by atoms with Gasteiger partial charge < -0.3 is 0 Å². The number of hydrogen-bond acceptors (Lipinski definition) is 2. The quantitative estimate of drug-likeness (QED) is 0.661. The van der Waals surface area contributed by atoms with Crippen molar-refractivity contribution in [2.75, 3.05) is 0 Å². The molecule has 0 aliphatic heterocycles. The summed E-state index contributed by atoms with van der Waals surface area (Å²) in [5.74, 6) is 0. The fraction of sp³-hybridized carbons (Fsp3) is 0. The predicted octanol–water partition coefficient (Wildman–Crippen LogP) is 3.83. The van der Waals surface area contributed by atoms with E-state index in [1.165, 1.54) is 11.3 Å². The number of imidazole rings is 1. The summed E-state index contributed by atoms with van der Waals surface area (Å²) in [5.41, 5.74) is 2.39. The average molecular weight is 279 g/mol. The van der Waals surface area contributed by atoms with Gasteiger partial charge in [0.2, 0.25) is 0 Å². The fourth-order valence-electron chi connectivity index (χ4n) is 1.58. The van der Waals surface area contributed by atoms with Crippen LogP contribution in [0.25, 0.3) is 16.2 Å². The Hall–Kier alpha value is -1.13. The first kappa shape index (κ1) is 9.12. The van der Waals surface area contributed by atoms with E-state index in [9.17, 15) is 0 Å². The van der Waals surface area contributed by atoms with Crippen molar-refractivity contribution in [2.24, 2.45) is 0 Å². The van der Waals surface area contributed by atoms with E-state index in [1.807, 2.05) is 24.5 Å². The minimum absolute atomic E-state index is 1.03. The molecule has 0 N–H and O–H groups in total. The van der Waals surface area contributed by atoms with Crippen molar-refractivity contribution in [3.63, 3.8) is 0 Å². The van der Waals surface area contributed by atoms with Gasteiger partial charge in [0.15, 0.2) is 4.96 Å². The monoisotopic (exact) mass is 278 g/mol. The van der Waals surface area contributed by atoms with E-state index in [4.69, 9.17) is 0 Å². The predicted molar refractivity (Wildman–Crippen MR) is 66.2 cm³/mol. The zero-order valence-corrected chi connectivity index (χ0v) is 10.1. The minimum Gasteiger partial charge on any atom is -0.290 e. The lowest BCUT2D eigenvalue weighted by molar-refractivity contribution is 1.23. The van der Waals surface area contributed by atoms with Crippen LogP contribution in [0.4, 0.5) is 0 Å². The van der Waals surface area contributed by atoms with Gasteiger partial charge >= 0.3 is 0 Å². The van der Waals surface area contributed by atoms with Gasteiger partial charge in [-0.15, -0.1) is 11.3 Å². The third kappa shape index (κ3) is 1.50. The summed E-state index contributed by atoms with van der Waals surface area (Å²) in [4.78, 5) is 5.29. The van der Waals surface area contributed by atoms with Crippen molar-refractivity contribution in [2.45, 2.75) is 0 Å². The van der Waals surface area contributed by atoms with Gasteiger partial charge in [-0.2, -0.15) is 0 Å². The number of thiazole rings is 1. The van der Waals surface area contributed by atoms with Crippen LogP contribution in [0, 0.1) is 0 Å². The van der Waals surface area contributed by atoms with E-state index in [0.29, 0.717) is 0 Å². The van der Waals surface area contributed by atoms with Crippen molar-refractivity contribution in [1.29, 1.82) is 0 Å². The largest absolute Gasteiger partial charge is 0.290 e. The normalized spacial score (nSPS) is 11.0. The third-order valence-electron chi connectivity index (χ3n) is 2.26. The van der Waals surface area contributed by atoms with Gasteiger partial charge in [0, 0.05) is 27.8 Å². The topological polar surface area (TPSA) is 17.3 Å². The first-order valence-corrected chi connectivity index (χ1v) is 6.18. The first-order valence-electron chi connectivity index (χ1n) is 4.51. The Bertz CT molecular complexity index is 612. The number of fused-ring (bicyclic) bond motifs is 1. The maximum Gasteiger partial charge on any atom is 0.194 e. The third-order valence-corrected chi connectivity index (χ3v) is 3.61. The summed E-state index contributed by atoms with van der Waals surface area (Å²) in [5, 5.41) is 2.13. The van der Waals surface area contributed by atoms with E-state index >= 15 is 0 Å². The molecule has 0 saturated carbocycles. The molecule has 0 saturated heterocycles. The molecule has 2 aromatic heterocycles. The number of nitrogens with zero attached hydrogens (tertiary/aromatic N) is 2. The molecule has 0 fully saturated rings. The molecule has 0 aliphatic carbocycles. The molecule has 2 heterocycles. The molecule has 0 aliphatic rings. The second-order valence-corrected chi connectivity index (χ2v) is 4.96. The highest BCUT2D eigenvalue weighted by Gasteiger charge is 2.05. The lowest BCUT2D eigenvalue weighted by atomic mass is 10.2. The maximum atomic E-state index is 4.26. The number of rotatable bonds is 1. The van der Waals surface area contributed by atoms with Crippen molar-refractivity contribution in [3.05, 3.63) is 46.5 Å². The number of benzene rings is 1. The van der Waals surface area contributed by atoms with Crippen LogP contribution in [0.2, 0.25) is 0 Å². The summed E-state index contributed by atoms with van der Waals surface area (Å²) < 4.78 is 3.20. The number of halogens is 1. The van der Waals surface area contributed by atoms with Gasteiger partial charge in [-0.3, -0.25) is 4.40 Å². The van der Waals surface area contributed by atoms with E-state index in [1.54, 1.807) is 11.3 Å². The van der Waals surface area contributed by atoms with Crippen LogP contribution in [0.15, 0.2) is 46.5 Å². The smallest absolute Gasteiger partial charge is 0.194 e. The van der Waals surface area contributed by atoms with Gasteiger partial charge in [0.25, 0.3) is 0 Å². The van der Waals surface area contributed by atoms with Crippen molar-refractivity contribution >= 4 is 32.2 Å². The van der Waals surface area contributed by atoms with Crippen LogP contribution < -0.4 is 0 Å². The van der Waals surface area contributed by atoms with Gasteiger partial charge in [-0.25, -0.2) is 4.98 Å². The summed E-state index contributed by atoms with van der Waals surface area (Å²) in [6.07, 6.45) is 3.81. The highest BCUT2D eigenvalue weighted by molar-refractivity contribution is 9.10. The van der Waals surface area contributed by atoms with Gasteiger partial charge in [0.05, 0.1) is 5.69 Å². The highest BCUT2D eigenvalue weighted by atomic mass is 79.9. The van der Waals surface area contributed by atoms with Crippen molar-refractivity contribution in [3.8, 4) is 11.3 Å². The first-order chi connectivity index (χ1) is 7.34. The second kappa shape index (κ2) is 3.47. The Morgan fingerprint density at radius 1 is 1.33 bits per heavy atom. The SMILES string of the molecule is Brc1cccc(-c2csc3nccn23)c1. The molecule has 0 unspecified atom stereocenters. The molecule has 0 atom stereocenters. The summed E-state index contributed by atoms with van der Waals surface area (Å²) in [6, 6.07) is 8.29. The minimum atomic E-state index is 1.03. The fourth-order valence-corrected chi connectivity index (χ4v) is 2.84. The van der Waals surface area contributed by atoms with Crippen LogP contribution in [-0.4, -0.2) is 9.38 Å². The average Bonchev–Trinajstić information content (AvgIpc) is 2.77. The zero-order chi connectivity index (χ0) is 10.3. The summed E-state index contributed by atoms with van der Waals surface area (Å²) >= 11 is 5.14. The van der Waals surface area contributed by atoms with E-state index in [2.05, 4.69) is 42.8 Å². The number of hydrogen-bond donors (Lipinski definition) is 0. The molecule has 0 bridgehead atoms. The summed E-state index contributed by atoms with van der Waals surface area (Å²) in [6.45, 7) is 0. The maximum absolute atomic E-state index is 4.26. The highest BCUT2D eigenvalue weighted by Crippen LogP contribution is 2.27. The van der Waals surface area contributed by atoms with Crippen molar-refractivity contribution in [1.82, 2.24) is 9.38 Å². The molecule has 15 heavy (non-hydrogen) atoms. The Morgan fingerprint density at radius 3 is 3.13 bits per heavy atom.